The van der Waals surface area contributed by atoms with Crippen molar-refractivity contribution in [3.8, 4) is 0 Å². The van der Waals surface area contributed by atoms with Crippen LogP contribution in [0.2, 0.25) is 0 Å². The van der Waals surface area contributed by atoms with Gasteiger partial charge in [0.25, 0.3) is 0 Å². The van der Waals surface area contributed by atoms with Crippen molar-refractivity contribution in [2.75, 3.05) is 6.54 Å². The third kappa shape index (κ3) is 4.49. The molecule has 0 aromatic carbocycles. The largest absolute Gasteiger partial charge is 0.353 e. The van der Waals surface area contributed by atoms with Gasteiger partial charge in [-0.15, -0.1) is 0 Å². The van der Waals surface area contributed by atoms with Crippen molar-refractivity contribution in [3.05, 3.63) is 24.5 Å². The number of nitrogens with one attached hydrogen (secondary N) is 1. The SMILES string of the molecule is CCCC[C@H](N)C(=O)NCCn1cccc1. The van der Waals surface area contributed by atoms with Gasteiger partial charge in [0.15, 0.2) is 0 Å². The maximum Gasteiger partial charge on any atom is 0.236 e. The Morgan fingerprint density at radius 2 is 2.12 bits per heavy atom. The van der Waals surface area contributed by atoms with Crippen molar-refractivity contribution in [3.63, 3.8) is 0 Å². The Morgan fingerprint density at radius 1 is 1.44 bits per heavy atom. The third-order valence-corrected chi connectivity index (χ3v) is 2.54. The van der Waals surface area contributed by atoms with E-state index in [4.69, 9.17) is 5.73 Å². The van der Waals surface area contributed by atoms with Gasteiger partial charge in [0.05, 0.1) is 6.04 Å². The van der Waals surface area contributed by atoms with Gasteiger partial charge in [0, 0.05) is 25.5 Å². The summed E-state index contributed by atoms with van der Waals surface area (Å²) in [5.41, 5.74) is 5.74. The van der Waals surface area contributed by atoms with Gasteiger partial charge in [-0.1, -0.05) is 19.8 Å². The minimum atomic E-state index is -0.357. The maximum absolute atomic E-state index is 11.5. The second-order valence-electron chi connectivity index (χ2n) is 3.96. The Kier molecular flexibility index (Phi) is 5.64. The first kappa shape index (κ1) is 12.8. The van der Waals surface area contributed by atoms with Gasteiger partial charge >= 0.3 is 0 Å². The van der Waals surface area contributed by atoms with Crippen LogP contribution in [-0.2, 0) is 11.3 Å². The molecule has 0 spiro atoms. The molecule has 0 fully saturated rings. The average Bonchev–Trinajstić information content (AvgIpc) is 2.78. The molecule has 4 nitrogen and oxygen atoms in total. The molecule has 1 heterocycles. The zero-order valence-corrected chi connectivity index (χ0v) is 9.86. The smallest absolute Gasteiger partial charge is 0.236 e. The molecule has 4 heteroatoms. The number of rotatable bonds is 7. The van der Waals surface area contributed by atoms with Crippen LogP contribution in [0.25, 0.3) is 0 Å². The monoisotopic (exact) mass is 223 g/mol. The molecule has 0 saturated heterocycles. The van der Waals surface area contributed by atoms with Crippen LogP contribution in [0.5, 0.6) is 0 Å². The summed E-state index contributed by atoms with van der Waals surface area (Å²) in [7, 11) is 0. The molecule has 1 amide bonds. The van der Waals surface area contributed by atoms with E-state index in [2.05, 4.69) is 12.2 Å². The zero-order valence-electron chi connectivity index (χ0n) is 9.86. The standard InChI is InChI=1S/C12H21N3O/c1-2-3-6-11(13)12(16)14-7-10-15-8-4-5-9-15/h4-5,8-9,11H,2-3,6-7,10,13H2,1H3,(H,14,16)/t11-/m0/s1. The summed E-state index contributed by atoms with van der Waals surface area (Å²) in [4.78, 5) is 11.5. The highest BCUT2D eigenvalue weighted by Gasteiger charge is 2.11. The van der Waals surface area contributed by atoms with E-state index in [1.807, 2.05) is 29.1 Å². The van der Waals surface area contributed by atoms with E-state index in [0.717, 1.165) is 25.8 Å². The first-order chi connectivity index (χ1) is 7.74. The number of carbonyl (C=O) groups excluding carboxylic acids is 1. The highest BCUT2D eigenvalue weighted by atomic mass is 16.2. The Hall–Kier alpha value is -1.29. The summed E-state index contributed by atoms with van der Waals surface area (Å²) in [5, 5.41) is 2.84. The quantitative estimate of drug-likeness (QED) is 0.727. The van der Waals surface area contributed by atoms with Crippen molar-refractivity contribution in [2.45, 2.75) is 38.8 Å². The summed E-state index contributed by atoms with van der Waals surface area (Å²) in [6, 6.07) is 3.58. The summed E-state index contributed by atoms with van der Waals surface area (Å²) < 4.78 is 2.03. The van der Waals surface area contributed by atoms with Crippen LogP contribution < -0.4 is 11.1 Å². The van der Waals surface area contributed by atoms with Gasteiger partial charge in [0.1, 0.15) is 0 Å². The van der Waals surface area contributed by atoms with Gasteiger partial charge in [-0.3, -0.25) is 4.79 Å². The lowest BCUT2D eigenvalue weighted by Gasteiger charge is -2.11. The van der Waals surface area contributed by atoms with Crippen LogP contribution in [0.3, 0.4) is 0 Å². The van der Waals surface area contributed by atoms with E-state index in [1.165, 1.54) is 0 Å². The number of aromatic nitrogens is 1. The molecular formula is C12H21N3O. The highest BCUT2D eigenvalue weighted by molar-refractivity contribution is 5.81. The topological polar surface area (TPSA) is 60.1 Å². The van der Waals surface area contributed by atoms with E-state index in [-0.39, 0.29) is 11.9 Å². The van der Waals surface area contributed by atoms with Crippen LogP contribution >= 0.6 is 0 Å². The maximum atomic E-state index is 11.5. The lowest BCUT2D eigenvalue weighted by Crippen LogP contribution is -2.41. The predicted molar refractivity (Wildman–Crippen MR) is 64.9 cm³/mol. The zero-order chi connectivity index (χ0) is 11.8. The van der Waals surface area contributed by atoms with Crippen molar-refractivity contribution in [1.82, 2.24) is 9.88 Å². The van der Waals surface area contributed by atoms with E-state index in [9.17, 15) is 4.79 Å². The van der Waals surface area contributed by atoms with Crippen molar-refractivity contribution >= 4 is 5.91 Å². The molecule has 1 aromatic heterocycles. The number of hydrogen-bond acceptors (Lipinski definition) is 2. The van der Waals surface area contributed by atoms with Gasteiger partial charge in [-0.05, 0) is 18.6 Å². The normalized spacial score (nSPS) is 12.4. The molecule has 0 aliphatic rings. The molecule has 0 bridgehead atoms. The molecule has 0 radical (unpaired) electrons. The minimum absolute atomic E-state index is 0.0411. The van der Waals surface area contributed by atoms with E-state index in [1.54, 1.807) is 0 Å². The summed E-state index contributed by atoms with van der Waals surface area (Å²) in [6.07, 6.45) is 6.80. The predicted octanol–water partition coefficient (Wildman–Crippen LogP) is 1.12. The minimum Gasteiger partial charge on any atom is -0.353 e. The number of nitrogens with two attached hydrogens (primary N) is 1. The first-order valence-corrected chi connectivity index (χ1v) is 5.88. The lowest BCUT2D eigenvalue weighted by molar-refractivity contribution is -0.122. The first-order valence-electron chi connectivity index (χ1n) is 5.88. The molecule has 0 unspecified atom stereocenters. The third-order valence-electron chi connectivity index (χ3n) is 2.54. The van der Waals surface area contributed by atoms with Gasteiger partial charge in [0.2, 0.25) is 5.91 Å². The Labute approximate surface area is 96.8 Å². The number of unbranched alkanes of at least 4 members (excludes halogenated alkanes) is 1. The fraction of sp³-hybridized carbons (Fsp3) is 0.583. The Bertz CT molecular complexity index is 295. The Balaban J connectivity index is 2.14. The van der Waals surface area contributed by atoms with Gasteiger partial charge < -0.3 is 15.6 Å². The Morgan fingerprint density at radius 3 is 2.75 bits per heavy atom. The molecule has 0 aliphatic carbocycles. The molecule has 1 atom stereocenters. The van der Waals surface area contributed by atoms with E-state index >= 15 is 0 Å². The number of carbonyl (C=O) groups is 1. The summed E-state index contributed by atoms with van der Waals surface area (Å²) in [5.74, 6) is -0.0411. The molecule has 3 N–H and O–H groups in total. The molecule has 1 aromatic rings. The van der Waals surface area contributed by atoms with Gasteiger partial charge in [-0.2, -0.15) is 0 Å². The van der Waals surface area contributed by atoms with E-state index < -0.39 is 0 Å². The molecule has 0 aliphatic heterocycles. The van der Waals surface area contributed by atoms with Crippen molar-refractivity contribution in [2.24, 2.45) is 5.73 Å². The van der Waals surface area contributed by atoms with E-state index in [0.29, 0.717) is 6.54 Å². The van der Waals surface area contributed by atoms with Crippen molar-refractivity contribution in [1.29, 1.82) is 0 Å². The van der Waals surface area contributed by atoms with Crippen LogP contribution in [0.1, 0.15) is 26.2 Å². The van der Waals surface area contributed by atoms with Gasteiger partial charge in [-0.25, -0.2) is 0 Å². The van der Waals surface area contributed by atoms with Crippen LogP contribution in [0, 0.1) is 0 Å². The molecule has 1 rings (SSSR count). The molecule has 90 valence electrons. The highest BCUT2D eigenvalue weighted by Crippen LogP contribution is 1.97. The molecule has 16 heavy (non-hydrogen) atoms. The van der Waals surface area contributed by atoms with Crippen LogP contribution in [0.4, 0.5) is 0 Å². The summed E-state index contributed by atoms with van der Waals surface area (Å²) >= 11 is 0. The number of nitrogens with zero attached hydrogens (tertiary/aromatic N) is 1. The fourth-order valence-electron chi connectivity index (χ4n) is 1.51. The number of amides is 1. The second kappa shape index (κ2) is 7.06. The lowest BCUT2D eigenvalue weighted by atomic mass is 10.1. The summed E-state index contributed by atoms with van der Waals surface area (Å²) in [6.45, 7) is 3.52. The van der Waals surface area contributed by atoms with Crippen molar-refractivity contribution < 1.29 is 4.79 Å². The second-order valence-corrected chi connectivity index (χ2v) is 3.96. The number of hydrogen-bond donors (Lipinski definition) is 2. The fourth-order valence-corrected chi connectivity index (χ4v) is 1.51. The molecule has 0 saturated carbocycles. The van der Waals surface area contributed by atoms with Crippen LogP contribution in [0.15, 0.2) is 24.5 Å². The average molecular weight is 223 g/mol. The molecular weight excluding hydrogens is 202 g/mol. The van der Waals surface area contributed by atoms with Crippen LogP contribution in [-0.4, -0.2) is 23.1 Å².